The Balaban J connectivity index is 5.62. The Morgan fingerprint density at radius 1 is 0.725 bits per heavy atom. The lowest BCUT2D eigenvalue weighted by Crippen LogP contribution is -2.57. The van der Waals surface area contributed by atoms with Crippen LogP contribution in [0.2, 0.25) is 0 Å². The van der Waals surface area contributed by atoms with Crippen molar-refractivity contribution in [2.45, 2.75) is 69.1 Å². The van der Waals surface area contributed by atoms with Gasteiger partial charge < -0.3 is 55.5 Å². The van der Waals surface area contributed by atoms with Crippen LogP contribution in [0.15, 0.2) is 9.98 Å². The zero-order valence-electron chi connectivity index (χ0n) is 22.6. The van der Waals surface area contributed by atoms with Gasteiger partial charge in [0.15, 0.2) is 11.9 Å². The molecule has 40 heavy (non-hydrogen) atoms. The number of aliphatic carboxylic acids is 1. The fourth-order valence-corrected chi connectivity index (χ4v) is 3.77. The van der Waals surface area contributed by atoms with E-state index in [9.17, 15) is 29.1 Å². The third-order valence-corrected chi connectivity index (χ3v) is 6.06. The lowest BCUT2D eigenvalue weighted by Gasteiger charge is -2.25. The molecule has 0 heterocycles. The van der Waals surface area contributed by atoms with Gasteiger partial charge in [-0.05, 0) is 50.5 Å². The predicted octanol–water partition coefficient (Wildman–Crippen LogP) is -4.02. The second-order valence-corrected chi connectivity index (χ2v) is 9.80. The van der Waals surface area contributed by atoms with Crippen molar-refractivity contribution in [1.29, 1.82) is 0 Å². The number of carbonyl (C=O) groups excluding carboxylic acids is 4. The molecule has 0 bridgehead atoms. The molecule has 0 saturated heterocycles. The van der Waals surface area contributed by atoms with Crippen LogP contribution in [0.4, 0.5) is 0 Å². The third kappa shape index (κ3) is 16.9. The number of carbonyl (C=O) groups is 5. The van der Waals surface area contributed by atoms with Gasteiger partial charge in [0.05, 0.1) is 6.04 Å². The molecular formula is C22H43N11O6S. The van der Waals surface area contributed by atoms with Crippen LogP contribution in [0.1, 0.15) is 44.9 Å². The number of hydrogen-bond acceptors (Lipinski definition) is 9. The Hall–Kier alpha value is -3.80. The molecule has 4 unspecified atom stereocenters. The first kappa shape index (κ1) is 36.2. The zero-order valence-corrected chi connectivity index (χ0v) is 23.5. The Bertz CT molecular complexity index is 910. The molecule has 0 aliphatic heterocycles. The Morgan fingerprint density at radius 2 is 1.20 bits per heavy atom. The molecule has 0 radical (unpaired) electrons. The molecule has 17 nitrogen and oxygen atoms in total. The van der Waals surface area contributed by atoms with Crippen LogP contribution < -0.4 is 50.4 Å². The highest BCUT2D eigenvalue weighted by atomic mass is 32.2. The van der Waals surface area contributed by atoms with Gasteiger partial charge in [-0.1, -0.05) is 0 Å². The van der Waals surface area contributed by atoms with E-state index in [0.717, 1.165) is 0 Å². The van der Waals surface area contributed by atoms with Gasteiger partial charge in [0.2, 0.25) is 23.6 Å². The van der Waals surface area contributed by atoms with E-state index in [4.69, 9.17) is 34.4 Å². The Labute approximate surface area is 237 Å². The molecule has 4 amide bonds. The van der Waals surface area contributed by atoms with Crippen molar-refractivity contribution in [3.63, 3.8) is 0 Å². The quantitative estimate of drug-likeness (QED) is 0.0347. The second-order valence-electron chi connectivity index (χ2n) is 8.81. The number of amides is 4. The zero-order chi connectivity index (χ0) is 30.7. The normalized spacial score (nSPS) is 13.6. The van der Waals surface area contributed by atoms with Crippen molar-refractivity contribution in [2.75, 3.05) is 25.1 Å². The summed E-state index contributed by atoms with van der Waals surface area (Å²) in [5.74, 6) is -3.93. The maximum atomic E-state index is 13.2. The summed E-state index contributed by atoms with van der Waals surface area (Å²) in [6, 6.07) is -4.65. The minimum atomic E-state index is -1.26. The summed E-state index contributed by atoms with van der Waals surface area (Å²) in [6.07, 6.45) is 2.46. The SMILES string of the molecule is CSCCC(NC(=O)C(CCCN=C(N)N)NC(=O)C(CCC(N)=O)NC(=O)C(N)CCCN=C(N)N)C(=O)O. The lowest BCUT2D eigenvalue weighted by molar-refractivity contribution is -0.142. The maximum Gasteiger partial charge on any atom is 0.326 e. The number of thioether (sulfide) groups is 1. The van der Waals surface area contributed by atoms with E-state index in [1.165, 1.54) is 11.8 Å². The molecule has 0 saturated carbocycles. The first-order chi connectivity index (χ1) is 18.8. The number of carboxylic acid groups (broad SMARTS) is 1. The summed E-state index contributed by atoms with van der Waals surface area (Å²) < 4.78 is 0. The van der Waals surface area contributed by atoms with E-state index in [2.05, 4.69) is 25.9 Å². The third-order valence-electron chi connectivity index (χ3n) is 5.42. The van der Waals surface area contributed by atoms with Crippen LogP contribution in [-0.2, 0) is 24.0 Å². The van der Waals surface area contributed by atoms with Crippen LogP contribution in [0.25, 0.3) is 0 Å². The van der Waals surface area contributed by atoms with E-state index in [0.29, 0.717) is 12.2 Å². The molecule has 0 spiro atoms. The number of nitrogens with zero attached hydrogens (tertiary/aromatic N) is 2. The van der Waals surface area contributed by atoms with Gasteiger partial charge in [-0.3, -0.25) is 29.2 Å². The van der Waals surface area contributed by atoms with Gasteiger partial charge in [0.1, 0.15) is 18.1 Å². The monoisotopic (exact) mass is 589 g/mol. The molecule has 0 aromatic heterocycles. The summed E-state index contributed by atoms with van der Waals surface area (Å²) in [4.78, 5) is 69.4. The molecule has 228 valence electrons. The highest BCUT2D eigenvalue weighted by molar-refractivity contribution is 7.98. The molecule has 4 atom stereocenters. The minimum Gasteiger partial charge on any atom is -0.480 e. The number of rotatable bonds is 21. The molecule has 0 aliphatic carbocycles. The van der Waals surface area contributed by atoms with Crippen LogP contribution in [0.5, 0.6) is 0 Å². The van der Waals surface area contributed by atoms with Crippen molar-refractivity contribution in [1.82, 2.24) is 16.0 Å². The Morgan fingerprint density at radius 3 is 1.68 bits per heavy atom. The van der Waals surface area contributed by atoms with Gasteiger partial charge in [-0.25, -0.2) is 4.79 Å². The number of hydrogen-bond donors (Lipinski definition) is 10. The standard InChI is InChI=1S/C22H43N11O6S/c1-40-11-8-15(20(38)39)33-18(36)13(5-3-10-30-22(27)28)32-19(37)14(6-7-16(24)34)31-17(35)12(23)4-2-9-29-21(25)26/h12-15H,2-11,23H2,1H3,(H2,24,34)(H,31,35)(H,32,37)(H,33,36)(H,38,39)(H4,25,26,29)(H4,27,28,30). The molecule has 0 fully saturated rings. The smallest absolute Gasteiger partial charge is 0.326 e. The summed E-state index contributed by atoms with van der Waals surface area (Å²) in [6.45, 7) is 0.396. The fourth-order valence-electron chi connectivity index (χ4n) is 3.29. The summed E-state index contributed by atoms with van der Waals surface area (Å²) in [5.41, 5.74) is 32.3. The van der Waals surface area contributed by atoms with E-state index >= 15 is 0 Å². The van der Waals surface area contributed by atoms with Gasteiger partial charge >= 0.3 is 5.97 Å². The van der Waals surface area contributed by atoms with Crippen molar-refractivity contribution in [2.24, 2.45) is 44.4 Å². The van der Waals surface area contributed by atoms with E-state index in [1.54, 1.807) is 6.26 Å². The van der Waals surface area contributed by atoms with Crippen molar-refractivity contribution in [3.05, 3.63) is 0 Å². The van der Waals surface area contributed by atoms with Crippen LogP contribution >= 0.6 is 11.8 Å². The largest absolute Gasteiger partial charge is 0.480 e. The van der Waals surface area contributed by atoms with Gasteiger partial charge in [0, 0.05) is 19.5 Å². The predicted molar refractivity (Wildman–Crippen MR) is 153 cm³/mol. The molecule has 0 rings (SSSR count). The summed E-state index contributed by atoms with van der Waals surface area (Å²) in [7, 11) is 0. The van der Waals surface area contributed by atoms with E-state index in [1.807, 2.05) is 0 Å². The minimum absolute atomic E-state index is 0.0456. The van der Waals surface area contributed by atoms with Gasteiger partial charge in [-0.15, -0.1) is 0 Å². The van der Waals surface area contributed by atoms with Crippen LogP contribution in [-0.4, -0.2) is 95.9 Å². The van der Waals surface area contributed by atoms with Gasteiger partial charge in [-0.2, -0.15) is 11.8 Å². The molecule has 0 aliphatic rings. The number of nitrogens with two attached hydrogens (primary N) is 6. The summed E-state index contributed by atoms with van der Waals surface area (Å²) >= 11 is 1.41. The molecule has 0 aromatic rings. The second kappa shape index (κ2) is 20.2. The van der Waals surface area contributed by atoms with Gasteiger partial charge in [0.25, 0.3) is 0 Å². The van der Waals surface area contributed by atoms with Crippen LogP contribution in [0, 0.1) is 0 Å². The molecule has 18 heteroatoms. The van der Waals surface area contributed by atoms with E-state index < -0.39 is 53.8 Å². The van der Waals surface area contributed by atoms with E-state index in [-0.39, 0.29) is 63.5 Å². The topological polar surface area (TPSA) is 323 Å². The number of primary amides is 1. The van der Waals surface area contributed by atoms with Crippen molar-refractivity contribution < 1.29 is 29.1 Å². The first-order valence-corrected chi connectivity index (χ1v) is 13.9. The van der Waals surface area contributed by atoms with Crippen molar-refractivity contribution in [3.8, 4) is 0 Å². The highest BCUT2D eigenvalue weighted by Crippen LogP contribution is 2.07. The number of aliphatic imine (C=N–C) groups is 2. The fraction of sp³-hybridized carbons (Fsp3) is 0.682. The molecule has 16 N–H and O–H groups in total. The maximum absolute atomic E-state index is 13.2. The average molecular weight is 590 g/mol. The van der Waals surface area contributed by atoms with Crippen LogP contribution in [0.3, 0.4) is 0 Å². The molecule has 0 aromatic carbocycles. The Kier molecular flexibility index (Phi) is 18.2. The number of guanidine groups is 2. The first-order valence-electron chi connectivity index (χ1n) is 12.6. The number of carboxylic acids is 1. The average Bonchev–Trinajstić information content (AvgIpc) is 2.87. The molecular weight excluding hydrogens is 546 g/mol. The van der Waals surface area contributed by atoms with Crippen molar-refractivity contribution >= 4 is 53.3 Å². The lowest BCUT2D eigenvalue weighted by atomic mass is 10.1. The summed E-state index contributed by atoms with van der Waals surface area (Å²) in [5, 5.41) is 16.9. The number of nitrogens with one attached hydrogen (secondary N) is 3. The highest BCUT2D eigenvalue weighted by Gasteiger charge is 2.30.